The van der Waals surface area contributed by atoms with Crippen molar-refractivity contribution in [3.63, 3.8) is 0 Å². The molecule has 3 heteroatoms. The Bertz CT molecular complexity index is 300. The van der Waals surface area contributed by atoms with Crippen LogP contribution in [0.5, 0.6) is 5.75 Å². The predicted molar refractivity (Wildman–Crippen MR) is 51.1 cm³/mol. The Hall–Kier alpha value is -1.35. The van der Waals surface area contributed by atoms with E-state index in [1.54, 1.807) is 19.2 Å². The second-order valence-corrected chi connectivity index (χ2v) is 3.01. The van der Waals surface area contributed by atoms with Gasteiger partial charge in [-0.25, -0.2) is 0 Å². The van der Waals surface area contributed by atoms with E-state index in [0.717, 1.165) is 5.56 Å². The molecule has 0 atom stereocenters. The van der Waals surface area contributed by atoms with E-state index in [-0.39, 0.29) is 11.5 Å². The third-order valence-electron chi connectivity index (χ3n) is 1.72. The van der Waals surface area contributed by atoms with Gasteiger partial charge < -0.3 is 10.4 Å². The van der Waals surface area contributed by atoms with Gasteiger partial charge >= 0.3 is 0 Å². The third kappa shape index (κ3) is 2.56. The van der Waals surface area contributed by atoms with Gasteiger partial charge in [0.1, 0.15) is 5.75 Å². The molecule has 0 amide bonds. The highest BCUT2D eigenvalue weighted by molar-refractivity contribution is 5.98. The van der Waals surface area contributed by atoms with Gasteiger partial charge in [-0.2, -0.15) is 0 Å². The predicted octanol–water partition coefficient (Wildman–Crippen LogP) is 1.10. The summed E-state index contributed by atoms with van der Waals surface area (Å²) in [5, 5.41) is 12.0. The molecule has 13 heavy (non-hydrogen) atoms. The summed E-state index contributed by atoms with van der Waals surface area (Å²) in [6, 6.07) is 4.86. The van der Waals surface area contributed by atoms with E-state index in [4.69, 9.17) is 0 Å². The van der Waals surface area contributed by atoms with E-state index in [1.807, 2.05) is 6.92 Å². The van der Waals surface area contributed by atoms with Crippen molar-refractivity contribution >= 4 is 5.78 Å². The third-order valence-corrected chi connectivity index (χ3v) is 1.72. The largest absolute Gasteiger partial charge is 0.508 e. The van der Waals surface area contributed by atoms with E-state index in [2.05, 4.69) is 5.32 Å². The summed E-state index contributed by atoms with van der Waals surface area (Å²) in [6.07, 6.45) is 0. The molecule has 0 saturated carbocycles. The first-order chi connectivity index (χ1) is 6.13. The van der Waals surface area contributed by atoms with Gasteiger partial charge in [0.05, 0.1) is 6.54 Å². The lowest BCUT2D eigenvalue weighted by Gasteiger charge is -2.02. The van der Waals surface area contributed by atoms with Crippen molar-refractivity contribution < 1.29 is 9.90 Å². The number of hydrogen-bond donors (Lipinski definition) is 2. The first kappa shape index (κ1) is 9.74. The number of Topliss-reactive ketones (excluding diaryl/α,β-unsaturated/α-hetero) is 1. The summed E-state index contributed by atoms with van der Waals surface area (Å²) in [5.74, 6) is 0.126. The number of benzene rings is 1. The van der Waals surface area contributed by atoms with E-state index < -0.39 is 0 Å². The number of nitrogens with one attached hydrogen (secondary N) is 1. The van der Waals surface area contributed by atoms with Crippen molar-refractivity contribution in [2.24, 2.45) is 0 Å². The average Bonchev–Trinajstić information content (AvgIpc) is 2.03. The fraction of sp³-hybridized carbons (Fsp3) is 0.300. The van der Waals surface area contributed by atoms with Crippen LogP contribution in [-0.4, -0.2) is 24.5 Å². The molecule has 70 valence electrons. The Labute approximate surface area is 77.4 Å². The van der Waals surface area contributed by atoms with Crippen LogP contribution in [-0.2, 0) is 0 Å². The summed E-state index contributed by atoms with van der Waals surface area (Å²) in [4.78, 5) is 11.4. The number of phenolic OH excluding ortho intramolecular Hbond substituents is 1. The minimum Gasteiger partial charge on any atom is -0.508 e. The number of likely N-dealkylation sites (N-methyl/N-ethyl adjacent to an activating group) is 1. The maximum atomic E-state index is 11.4. The maximum Gasteiger partial charge on any atom is 0.176 e. The molecule has 0 spiro atoms. The second-order valence-electron chi connectivity index (χ2n) is 3.01. The molecule has 0 unspecified atom stereocenters. The molecular weight excluding hydrogens is 166 g/mol. The number of carbonyl (C=O) groups is 1. The van der Waals surface area contributed by atoms with Crippen molar-refractivity contribution in [2.45, 2.75) is 6.92 Å². The molecule has 0 saturated heterocycles. The minimum absolute atomic E-state index is 0.0125. The molecular formula is C10H13NO2. The molecule has 0 aliphatic rings. The first-order valence-electron chi connectivity index (χ1n) is 4.12. The van der Waals surface area contributed by atoms with Crippen molar-refractivity contribution in [1.29, 1.82) is 0 Å². The van der Waals surface area contributed by atoms with Crippen LogP contribution in [0.25, 0.3) is 0 Å². The zero-order valence-electron chi connectivity index (χ0n) is 7.79. The highest BCUT2D eigenvalue weighted by Crippen LogP contribution is 2.15. The highest BCUT2D eigenvalue weighted by Gasteiger charge is 2.05. The lowest BCUT2D eigenvalue weighted by atomic mass is 10.1. The molecule has 0 heterocycles. The first-order valence-corrected chi connectivity index (χ1v) is 4.12. The van der Waals surface area contributed by atoms with Crippen LogP contribution in [0.15, 0.2) is 18.2 Å². The Morgan fingerprint density at radius 3 is 2.69 bits per heavy atom. The molecule has 1 aromatic rings. The maximum absolute atomic E-state index is 11.4. The molecule has 1 rings (SSSR count). The van der Waals surface area contributed by atoms with Crippen LogP contribution in [0.2, 0.25) is 0 Å². The summed E-state index contributed by atoms with van der Waals surface area (Å²) in [7, 11) is 1.72. The summed E-state index contributed by atoms with van der Waals surface area (Å²) in [6.45, 7) is 2.14. The number of hydrogen-bond acceptors (Lipinski definition) is 3. The van der Waals surface area contributed by atoms with E-state index in [0.29, 0.717) is 12.1 Å². The van der Waals surface area contributed by atoms with Gasteiger partial charge in [-0.3, -0.25) is 4.79 Å². The molecule has 1 aromatic carbocycles. The van der Waals surface area contributed by atoms with Gasteiger partial charge in [0.2, 0.25) is 0 Å². The van der Waals surface area contributed by atoms with Crippen LogP contribution in [0, 0.1) is 6.92 Å². The number of phenols is 1. The van der Waals surface area contributed by atoms with Gasteiger partial charge in [-0.1, -0.05) is 0 Å². The van der Waals surface area contributed by atoms with Crippen LogP contribution >= 0.6 is 0 Å². The van der Waals surface area contributed by atoms with Crippen LogP contribution in [0.4, 0.5) is 0 Å². The molecule has 2 N–H and O–H groups in total. The van der Waals surface area contributed by atoms with E-state index >= 15 is 0 Å². The Kier molecular flexibility index (Phi) is 3.03. The average molecular weight is 179 g/mol. The topological polar surface area (TPSA) is 49.3 Å². The van der Waals surface area contributed by atoms with Gasteiger partial charge in [0, 0.05) is 5.56 Å². The fourth-order valence-corrected chi connectivity index (χ4v) is 1.19. The number of carbonyl (C=O) groups excluding carboxylic acids is 1. The van der Waals surface area contributed by atoms with Crippen molar-refractivity contribution in [2.75, 3.05) is 13.6 Å². The SMILES string of the molecule is CNCC(=O)c1cc(C)cc(O)c1. The van der Waals surface area contributed by atoms with Crippen molar-refractivity contribution in [1.82, 2.24) is 5.32 Å². The zero-order valence-corrected chi connectivity index (χ0v) is 7.79. The summed E-state index contributed by atoms with van der Waals surface area (Å²) >= 11 is 0. The minimum atomic E-state index is -0.0125. The summed E-state index contributed by atoms with van der Waals surface area (Å²) < 4.78 is 0. The van der Waals surface area contributed by atoms with Gasteiger partial charge in [0.25, 0.3) is 0 Å². The quantitative estimate of drug-likeness (QED) is 0.683. The molecule has 0 aliphatic carbocycles. The lowest BCUT2D eigenvalue weighted by Crippen LogP contribution is -2.18. The normalized spacial score (nSPS) is 10.0. The highest BCUT2D eigenvalue weighted by atomic mass is 16.3. The summed E-state index contributed by atoms with van der Waals surface area (Å²) in [5.41, 5.74) is 1.44. The number of aryl methyl sites for hydroxylation is 1. The molecule has 0 aromatic heterocycles. The van der Waals surface area contributed by atoms with Crippen LogP contribution in [0.3, 0.4) is 0 Å². The van der Waals surface area contributed by atoms with Gasteiger partial charge in [0.15, 0.2) is 5.78 Å². The van der Waals surface area contributed by atoms with Crippen LogP contribution < -0.4 is 5.32 Å². The number of aromatic hydroxyl groups is 1. The fourth-order valence-electron chi connectivity index (χ4n) is 1.19. The van der Waals surface area contributed by atoms with Crippen molar-refractivity contribution in [3.8, 4) is 5.75 Å². The van der Waals surface area contributed by atoms with E-state index in [1.165, 1.54) is 6.07 Å². The van der Waals surface area contributed by atoms with E-state index in [9.17, 15) is 9.90 Å². The molecule has 0 radical (unpaired) electrons. The smallest absolute Gasteiger partial charge is 0.176 e. The Morgan fingerprint density at radius 2 is 2.15 bits per heavy atom. The zero-order chi connectivity index (χ0) is 9.84. The molecule has 0 fully saturated rings. The monoisotopic (exact) mass is 179 g/mol. The lowest BCUT2D eigenvalue weighted by molar-refractivity contribution is 0.0993. The molecule has 3 nitrogen and oxygen atoms in total. The second kappa shape index (κ2) is 4.05. The number of ketones is 1. The van der Waals surface area contributed by atoms with Gasteiger partial charge in [-0.15, -0.1) is 0 Å². The standard InChI is InChI=1S/C10H13NO2/c1-7-3-8(5-9(12)4-7)10(13)6-11-2/h3-5,11-12H,6H2,1-2H3. The Balaban J connectivity index is 2.94. The van der Waals surface area contributed by atoms with Gasteiger partial charge in [-0.05, 0) is 37.7 Å². The number of rotatable bonds is 3. The van der Waals surface area contributed by atoms with Crippen molar-refractivity contribution in [3.05, 3.63) is 29.3 Å². The molecule has 0 bridgehead atoms. The van der Waals surface area contributed by atoms with Crippen LogP contribution in [0.1, 0.15) is 15.9 Å². The molecule has 0 aliphatic heterocycles. The Morgan fingerprint density at radius 1 is 1.46 bits per heavy atom.